The molecule has 0 aromatic carbocycles. The van der Waals surface area contributed by atoms with Gasteiger partial charge in [0.15, 0.2) is 0 Å². The van der Waals surface area contributed by atoms with Crippen LogP contribution in [0.25, 0.3) is 0 Å². The van der Waals surface area contributed by atoms with Crippen molar-refractivity contribution in [2.45, 2.75) is 115 Å². The van der Waals surface area contributed by atoms with Gasteiger partial charge in [-0.3, -0.25) is 0 Å². The summed E-state index contributed by atoms with van der Waals surface area (Å²) in [5.74, 6) is 0. The van der Waals surface area contributed by atoms with Crippen molar-refractivity contribution in [2.24, 2.45) is 0 Å². The highest BCUT2D eigenvalue weighted by atomic mass is 28.3. The number of hydrogen-bond acceptors (Lipinski definition) is 4. The SMILES string of the molecule is CC[Si](CC)(CC)CCCO[C@H](CO)[C@@H](CO)OCCC[Si](CC)(CC)CC. The van der Waals surface area contributed by atoms with Crippen molar-refractivity contribution in [1.82, 2.24) is 0 Å². The third kappa shape index (κ3) is 9.39. The number of aliphatic hydroxyl groups is 2. The van der Waals surface area contributed by atoms with Gasteiger partial charge in [0.1, 0.15) is 12.2 Å². The van der Waals surface area contributed by atoms with E-state index in [1.165, 1.54) is 48.4 Å². The molecule has 0 bridgehead atoms. The molecule has 0 aromatic rings. The topological polar surface area (TPSA) is 58.9 Å². The normalized spacial score (nSPS) is 15.0. The average Bonchev–Trinajstić information content (AvgIpc) is 2.75. The van der Waals surface area contributed by atoms with E-state index in [2.05, 4.69) is 41.5 Å². The van der Waals surface area contributed by atoms with Crippen molar-refractivity contribution in [1.29, 1.82) is 0 Å². The monoisotopic (exact) mass is 434 g/mol. The molecule has 0 unspecified atom stereocenters. The molecule has 0 radical (unpaired) electrons. The molecule has 2 atom stereocenters. The van der Waals surface area contributed by atoms with Crippen molar-refractivity contribution in [3.05, 3.63) is 0 Å². The minimum absolute atomic E-state index is 0.0965. The molecule has 4 nitrogen and oxygen atoms in total. The van der Waals surface area contributed by atoms with Gasteiger partial charge in [-0.2, -0.15) is 0 Å². The van der Waals surface area contributed by atoms with Crippen molar-refractivity contribution in [2.75, 3.05) is 26.4 Å². The molecular formula is C22H50O4Si2. The molecule has 0 saturated carbocycles. The fourth-order valence-corrected chi connectivity index (χ4v) is 11.4. The second-order valence-electron chi connectivity index (χ2n) is 8.51. The van der Waals surface area contributed by atoms with Gasteiger partial charge in [0, 0.05) is 13.2 Å². The largest absolute Gasteiger partial charge is 0.394 e. The Morgan fingerprint density at radius 1 is 0.571 bits per heavy atom. The molecule has 0 aromatic heterocycles. The Morgan fingerprint density at radius 3 is 1.07 bits per heavy atom. The zero-order chi connectivity index (χ0) is 21.5. The highest BCUT2D eigenvalue weighted by Gasteiger charge is 2.28. The third-order valence-electron chi connectivity index (χ3n) is 7.64. The maximum Gasteiger partial charge on any atom is 0.109 e. The van der Waals surface area contributed by atoms with E-state index in [0.29, 0.717) is 13.2 Å². The molecule has 0 rings (SSSR count). The molecule has 2 N–H and O–H groups in total. The van der Waals surface area contributed by atoms with Crippen molar-refractivity contribution < 1.29 is 19.7 Å². The first-order valence-electron chi connectivity index (χ1n) is 11.9. The van der Waals surface area contributed by atoms with Crippen LogP contribution in [0.5, 0.6) is 0 Å². The molecule has 170 valence electrons. The molecular weight excluding hydrogens is 384 g/mol. The van der Waals surface area contributed by atoms with Gasteiger partial charge in [0.25, 0.3) is 0 Å². The maximum absolute atomic E-state index is 9.72. The quantitative estimate of drug-likeness (QED) is 0.207. The zero-order valence-electron chi connectivity index (χ0n) is 19.8. The van der Waals surface area contributed by atoms with Crippen LogP contribution in [0.2, 0.25) is 48.4 Å². The lowest BCUT2D eigenvalue weighted by molar-refractivity contribution is -0.109. The molecule has 0 saturated heterocycles. The Bertz CT molecular complexity index is 310. The molecule has 0 aliphatic heterocycles. The highest BCUT2D eigenvalue weighted by molar-refractivity contribution is 6.80. The number of ether oxygens (including phenoxy) is 2. The van der Waals surface area contributed by atoms with Gasteiger partial charge in [-0.05, 0) is 12.8 Å². The average molecular weight is 435 g/mol. The summed E-state index contributed by atoms with van der Waals surface area (Å²) in [6.45, 7) is 15.1. The predicted octanol–water partition coefficient (Wildman–Crippen LogP) is 5.54. The fourth-order valence-electron chi connectivity index (χ4n) is 4.48. The number of rotatable bonds is 19. The first-order valence-corrected chi connectivity index (χ1v) is 17.6. The van der Waals surface area contributed by atoms with Crippen molar-refractivity contribution in [3.8, 4) is 0 Å². The van der Waals surface area contributed by atoms with Crippen LogP contribution in [0.3, 0.4) is 0 Å². The lowest BCUT2D eigenvalue weighted by Gasteiger charge is -2.30. The van der Waals surface area contributed by atoms with Gasteiger partial charge in [-0.15, -0.1) is 0 Å². The van der Waals surface area contributed by atoms with Crippen LogP contribution in [0, 0.1) is 0 Å². The molecule has 0 heterocycles. The van der Waals surface area contributed by atoms with Crippen LogP contribution >= 0.6 is 0 Å². The van der Waals surface area contributed by atoms with Gasteiger partial charge < -0.3 is 19.7 Å². The third-order valence-corrected chi connectivity index (χ3v) is 19.5. The van der Waals surface area contributed by atoms with Gasteiger partial charge in [0.2, 0.25) is 0 Å². The maximum atomic E-state index is 9.72. The van der Waals surface area contributed by atoms with E-state index in [1.807, 2.05) is 0 Å². The summed E-state index contributed by atoms with van der Waals surface area (Å²) in [6.07, 6.45) is 1.26. The van der Waals surface area contributed by atoms with E-state index in [-0.39, 0.29) is 13.2 Å². The van der Waals surface area contributed by atoms with Crippen LogP contribution < -0.4 is 0 Å². The van der Waals surface area contributed by atoms with Crippen LogP contribution in [-0.2, 0) is 9.47 Å². The van der Waals surface area contributed by atoms with Crippen molar-refractivity contribution >= 4 is 16.1 Å². The second kappa shape index (κ2) is 16.0. The van der Waals surface area contributed by atoms with E-state index >= 15 is 0 Å². The predicted molar refractivity (Wildman–Crippen MR) is 127 cm³/mol. The van der Waals surface area contributed by atoms with Crippen LogP contribution in [0.4, 0.5) is 0 Å². The number of aliphatic hydroxyl groups excluding tert-OH is 2. The smallest absolute Gasteiger partial charge is 0.109 e. The van der Waals surface area contributed by atoms with Crippen LogP contribution in [0.1, 0.15) is 54.4 Å². The van der Waals surface area contributed by atoms with E-state index in [1.54, 1.807) is 0 Å². The molecule has 0 spiro atoms. The molecule has 28 heavy (non-hydrogen) atoms. The van der Waals surface area contributed by atoms with E-state index < -0.39 is 28.4 Å². The summed E-state index contributed by atoms with van der Waals surface area (Å²) in [7, 11) is -2.22. The fraction of sp³-hybridized carbons (Fsp3) is 1.00. The standard InChI is InChI=1S/C22H50O4Si2/c1-7-27(8-2,9-3)17-13-15-25-21(19-23)22(20-24)26-16-14-18-28(10-4,11-5)12-6/h21-24H,7-20H2,1-6H3/t21-,22-/m1/s1. The van der Waals surface area contributed by atoms with E-state index in [9.17, 15) is 10.2 Å². The second-order valence-corrected chi connectivity index (χ2v) is 19.8. The lowest BCUT2D eigenvalue weighted by atomic mass is 10.2. The molecule has 6 heteroatoms. The summed E-state index contributed by atoms with van der Waals surface area (Å²) >= 11 is 0. The minimum Gasteiger partial charge on any atom is -0.394 e. The summed E-state index contributed by atoms with van der Waals surface area (Å²) in [4.78, 5) is 0. The summed E-state index contributed by atoms with van der Waals surface area (Å²) < 4.78 is 11.9. The molecule has 0 aliphatic carbocycles. The first kappa shape index (κ1) is 28.3. The summed E-state index contributed by atoms with van der Waals surface area (Å²) in [6, 6.07) is 10.6. The molecule has 0 aliphatic rings. The number of hydrogen-bond donors (Lipinski definition) is 2. The van der Waals surface area contributed by atoms with Gasteiger partial charge >= 0.3 is 0 Å². The van der Waals surface area contributed by atoms with E-state index in [4.69, 9.17) is 9.47 Å². The van der Waals surface area contributed by atoms with Gasteiger partial charge in [-0.25, -0.2) is 0 Å². The summed E-state index contributed by atoms with van der Waals surface area (Å²) in [5.41, 5.74) is 0. The summed E-state index contributed by atoms with van der Waals surface area (Å²) in [5, 5.41) is 19.4. The Balaban J connectivity index is 4.37. The van der Waals surface area contributed by atoms with Crippen LogP contribution in [0.15, 0.2) is 0 Å². The van der Waals surface area contributed by atoms with Gasteiger partial charge in [0.05, 0.1) is 29.4 Å². The van der Waals surface area contributed by atoms with Crippen LogP contribution in [-0.4, -0.2) is 65.0 Å². The lowest BCUT2D eigenvalue weighted by Crippen LogP contribution is -2.39. The minimum atomic E-state index is -1.11. The van der Waals surface area contributed by atoms with E-state index in [0.717, 1.165) is 12.8 Å². The Kier molecular flexibility index (Phi) is 16.2. The molecule has 0 amide bonds. The van der Waals surface area contributed by atoms with Gasteiger partial charge in [-0.1, -0.05) is 89.9 Å². The highest BCUT2D eigenvalue weighted by Crippen LogP contribution is 2.27. The Labute approximate surface area is 177 Å². The Morgan fingerprint density at radius 2 is 0.857 bits per heavy atom. The Hall–Kier alpha value is 0.274. The zero-order valence-corrected chi connectivity index (χ0v) is 21.8. The van der Waals surface area contributed by atoms with Crippen molar-refractivity contribution in [3.63, 3.8) is 0 Å². The first-order chi connectivity index (χ1) is 13.5. The molecule has 0 fully saturated rings.